The SMILES string of the molecule is CC(C)[C@H](NC(=O)[C@H](C)NC(=O)[C@H](C)NC(=O)[C@@H]1CCCN1C(=O)[C@@H](NC(=O)[C@@H](N)CO)C(C)C)C(=O)N[C@H](C(=O)N[C@H](C(=O)N[C@@H](C)C(=O)O)C(C)C)C(C)C. The number of nitrogens with two attached hydrogens (primary N) is 1. The Hall–Kier alpha value is -4.85. The molecule has 0 aromatic carbocycles. The van der Waals surface area contributed by atoms with Crippen LogP contribution < -0.4 is 43.0 Å². The van der Waals surface area contributed by atoms with Gasteiger partial charge in [-0.15, -0.1) is 0 Å². The summed E-state index contributed by atoms with van der Waals surface area (Å²) in [6, 6.07) is -10.1. The number of amides is 8. The van der Waals surface area contributed by atoms with E-state index < -0.39 is 132 Å². The first-order valence-corrected chi connectivity index (χ1v) is 19.4. The molecule has 1 aliphatic rings. The molecule has 1 rings (SSSR count). The molecule has 0 unspecified atom stereocenters. The molecule has 324 valence electrons. The van der Waals surface area contributed by atoms with Gasteiger partial charge in [-0.3, -0.25) is 43.2 Å². The molecule has 0 spiro atoms. The summed E-state index contributed by atoms with van der Waals surface area (Å²) in [6.45, 7) is 17.1. The molecular formula is C37H65N9O11. The van der Waals surface area contributed by atoms with Crippen LogP contribution in [0.5, 0.6) is 0 Å². The van der Waals surface area contributed by atoms with Crippen LogP contribution in [-0.2, 0) is 43.2 Å². The minimum Gasteiger partial charge on any atom is -0.480 e. The van der Waals surface area contributed by atoms with Gasteiger partial charge in [0.2, 0.25) is 47.3 Å². The van der Waals surface area contributed by atoms with Crippen molar-refractivity contribution in [3.05, 3.63) is 0 Å². The Labute approximate surface area is 334 Å². The maximum Gasteiger partial charge on any atom is 0.325 e. The van der Waals surface area contributed by atoms with Crippen LogP contribution >= 0.6 is 0 Å². The first-order chi connectivity index (χ1) is 26.3. The van der Waals surface area contributed by atoms with E-state index >= 15 is 0 Å². The van der Waals surface area contributed by atoms with E-state index in [9.17, 15) is 48.3 Å². The maximum atomic E-state index is 13.5. The number of likely N-dealkylation sites (tertiary alicyclic amines) is 1. The molecule has 8 amide bonds. The smallest absolute Gasteiger partial charge is 0.325 e. The Kier molecular flexibility index (Phi) is 20.0. The number of hydrogen-bond donors (Lipinski definition) is 10. The number of rotatable bonds is 21. The molecule has 0 radical (unpaired) electrons. The fourth-order valence-electron chi connectivity index (χ4n) is 5.85. The number of carboxylic acids is 1. The van der Waals surface area contributed by atoms with Crippen molar-refractivity contribution in [3.63, 3.8) is 0 Å². The van der Waals surface area contributed by atoms with Gasteiger partial charge in [0.15, 0.2) is 0 Å². The van der Waals surface area contributed by atoms with E-state index in [2.05, 4.69) is 37.2 Å². The molecule has 0 aromatic rings. The average Bonchev–Trinajstić information content (AvgIpc) is 3.62. The van der Waals surface area contributed by atoms with Gasteiger partial charge in [-0.2, -0.15) is 0 Å². The Bertz CT molecular complexity index is 1470. The summed E-state index contributed by atoms with van der Waals surface area (Å²) in [5.74, 6) is -8.42. The normalized spacial score (nSPS) is 18.3. The summed E-state index contributed by atoms with van der Waals surface area (Å²) in [5.41, 5.74) is 5.59. The van der Waals surface area contributed by atoms with E-state index in [0.717, 1.165) is 0 Å². The Morgan fingerprint density at radius 3 is 1.33 bits per heavy atom. The van der Waals surface area contributed by atoms with Gasteiger partial charge in [0, 0.05) is 6.54 Å². The summed E-state index contributed by atoms with van der Waals surface area (Å²) in [4.78, 5) is 118. The zero-order valence-corrected chi connectivity index (χ0v) is 34.9. The van der Waals surface area contributed by atoms with Crippen molar-refractivity contribution in [2.75, 3.05) is 13.2 Å². The highest BCUT2D eigenvalue weighted by molar-refractivity contribution is 5.98. The van der Waals surface area contributed by atoms with Gasteiger partial charge in [0.1, 0.15) is 54.4 Å². The molecule has 0 saturated carbocycles. The number of hydrogen-bond acceptors (Lipinski definition) is 11. The van der Waals surface area contributed by atoms with Crippen LogP contribution in [0.4, 0.5) is 0 Å². The van der Waals surface area contributed by atoms with Gasteiger partial charge >= 0.3 is 5.97 Å². The maximum absolute atomic E-state index is 13.5. The second-order valence-corrected chi connectivity index (χ2v) is 15.9. The van der Waals surface area contributed by atoms with Gasteiger partial charge in [0.25, 0.3) is 0 Å². The largest absolute Gasteiger partial charge is 0.480 e. The van der Waals surface area contributed by atoms with Crippen LogP contribution in [0.25, 0.3) is 0 Å². The van der Waals surface area contributed by atoms with Gasteiger partial charge < -0.3 is 58.1 Å². The third-order valence-electron chi connectivity index (χ3n) is 9.58. The molecule has 1 saturated heterocycles. The molecule has 11 N–H and O–H groups in total. The Morgan fingerprint density at radius 1 is 0.544 bits per heavy atom. The highest BCUT2D eigenvalue weighted by Gasteiger charge is 2.40. The fourth-order valence-corrected chi connectivity index (χ4v) is 5.85. The predicted octanol–water partition coefficient (Wildman–Crippen LogP) is -2.54. The molecule has 0 aliphatic carbocycles. The Balaban J connectivity index is 2.95. The van der Waals surface area contributed by atoms with Crippen LogP contribution in [0.15, 0.2) is 0 Å². The summed E-state index contributed by atoms with van der Waals surface area (Å²) < 4.78 is 0. The van der Waals surface area contributed by atoms with E-state index in [1.54, 1.807) is 55.4 Å². The standard InChI is InChI=1S/C37H65N9O11/c1-16(2)25(33(52)41-22(11)37(56)57)43-35(54)27(18(5)6)44-34(53)26(17(3)4)42-30(49)21(10)39-29(48)20(9)40-32(51)24-13-12-14-46(24)36(55)28(19(7)8)45-31(50)23(38)15-47/h16-28,47H,12-15,38H2,1-11H3,(H,39,48)(H,40,51)(H,41,52)(H,42,49)(H,43,54)(H,44,53)(H,45,50)(H,56,57)/t20-,21-,22-,23-,24-,25-,26-,27-,28-/m0/s1. The third kappa shape index (κ3) is 14.9. The summed E-state index contributed by atoms with van der Waals surface area (Å²) >= 11 is 0. The van der Waals surface area contributed by atoms with Gasteiger partial charge in [-0.1, -0.05) is 55.4 Å². The molecule has 57 heavy (non-hydrogen) atoms. The molecule has 0 aromatic heterocycles. The first kappa shape index (κ1) is 50.2. The van der Waals surface area contributed by atoms with E-state index in [4.69, 9.17) is 10.8 Å². The van der Waals surface area contributed by atoms with Gasteiger partial charge in [-0.05, 0) is 57.3 Å². The van der Waals surface area contributed by atoms with Crippen molar-refractivity contribution in [2.24, 2.45) is 29.4 Å². The minimum atomic E-state index is -1.25. The zero-order valence-electron chi connectivity index (χ0n) is 34.9. The van der Waals surface area contributed by atoms with Gasteiger partial charge in [-0.25, -0.2) is 0 Å². The summed E-state index contributed by atoms with van der Waals surface area (Å²) in [6.07, 6.45) is 0.796. The first-order valence-electron chi connectivity index (χ1n) is 19.4. The number of carbonyl (C=O) groups excluding carboxylic acids is 8. The number of nitrogens with one attached hydrogen (secondary N) is 7. The molecule has 1 fully saturated rings. The topological polar surface area (TPSA) is 308 Å². The number of aliphatic hydroxyl groups excluding tert-OH is 1. The number of carbonyl (C=O) groups is 9. The molecule has 1 aliphatic heterocycles. The number of aliphatic hydroxyl groups is 1. The lowest BCUT2D eigenvalue weighted by atomic mass is 9.97. The number of carboxylic acid groups (broad SMARTS) is 1. The second-order valence-electron chi connectivity index (χ2n) is 15.9. The number of aliphatic carboxylic acids is 1. The van der Waals surface area contributed by atoms with Crippen molar-refractivity contribution < 1.29 is 53.4 Å². The van der Waals surface area contributed by atoms with Crippen molar-refractivity contribution in [3.8, 4) is 0 Å². The molecular weight excluding hydrogens is 746 g/mol. The summed E-state index contributed by atoms with van der Waals surface area (Å²) in [5, 5.41) is 36.2. The van der Waals surface area contributed by atoms with E-state index in [1.165, 1.54) is 25.7 Å². The fraction of sp³-hybridized carbons (Fsp3) is 0.757. The molecule has 0 bridgehead atoms. The molecule has 1 heterocycles. The van der Waals surface area contributed by atoms with Crippen LogP contribution in [-0.4, -0.2) is 136 Å². The monoisotopic (exact) mass is 811 g/mol. The highest BCUT2D eigenvalue weighted by Crippen LogP contribution is 2.21. The van der Waals surface area contributed by atoms with Crippen molar-refractivity contribution >= 4 is 53.2 Å². The lowest BCUT2D eigenvalue weighted by Gasteiger charge is -2.31. The van der Waals surface area contributed by atoms with Crippen molar-refractivity contribution in [2.45, 2.75) is 143 Å². The predicted molar refractivity (Wildman–Crippen MR) is 207 cm³/mol. The average molecular weight is 812 g/mol. The van der Waals surface area contributed by atoms with Crippen molar-refractivity contribution in [1.29, 1.82) is 0 Å². The van der Waals surface area contributed by atoms with Crippen LogP contribution in [0.1, 0.15) is 89.0 Å². The lowest BCUT2D eigenvalue weighted by Crippen LogP contribution is -2.61. The van der Waals surface area contributed by atoms with E-state index in [0.29, 0.717) is 12.8 Å². The lowest BCUT2D eigenvalue weighted by molar-refractivity contribution is -0.143. The van der Waals surface area contributed by atoms with Crippen LogP contribution in [0.2, 0.25) is 0 Å². The third-order valence-corrected chi connectivity index (χ3v) is 9.58. The molecule has 20 nitrogen and oxygen atoms in total. The van der Waals surface area contributed by atoms with E-state index in [-0.39, 0.29) is 12.5 Å². The number of nitrogens with zero attached hydrogens (tertiary/aromatic N) is 1. The van der Waals surface area contributed by atoms with E-state index in [1.807, 2.05) is 0 Å². The summed E-state index contributed by atoms with van der Waals surface area (Å²) in [7, 11) is 0. The zero-order chi connectivity index (χ0) is 44.1. The van der Waals surface area contributed by atoms with Crippen molar-refractivity contribution in [1.82, 2.24) is 42.1 Å². The highest BCUT2D eigenvalue weighted by atomic mass is 16.4. The van der Waals surface area contributed by atoms with Crippen LogP contribution in [0.3, 0.4) is 0 Å². The van der Waals surface area contributed by atoms with Crippen LogP contribution in [0, 0.1) is 23.7 Å². The Morgan fingerprint density at radius 2 is 0.912 bits per heavy atom. The van der Waals surface area contributed by atoms with Gasteiger partial charge in [0.05, 0.1) is 6.61 Å². The molecule has 9 atom stereocenters. The quantitative estimate of drug-likeness (QED) is 0.0574. The molecule has 20 heteroatoms. The minimum absolute atomic E-state index is 0.233. The second kappa shape index (κ2) is 22.8.